The van der Waals surface area contributed by atoms with E-state index < -0.39 is 5.60 Å². The molecule has 0 amide bonds. The van der Waals surface area contributed by atoms with Crippen LogP contribution in [0.1, 0.15) is 52.6 Å². The number of anilines is 3. The topological polar surface area (TPSA) is 114 Å². The predicted molar refractivity (Wildman–Crippen MR) is 123 cm³/mol. The zero-order chi connectivity index (χ0) is 22.1. The lowest BCUT2D eigenvalue weighted by Crippen LogP contribution is -2.41. The number of halogens is 1. The molecular weight excluding hydrogens is 402 g/mol. The molecule has 162 valence electrons. The third-order valence-electron chi connectivity index (χ3n) is 5.09. The van der Waals surface area contributed by atoms with E-state index in [9.17, 15) is 5.11 Å². The number of nitrogen functional groups attached to an aromatic ring is 1. The highest BCUT2D eigenvalue weighted by Crippen LogP contribution is 2.26. The molecule has 0 spiro atoms. The van der Waals surface area contributed by atoms with Crippen LogP contribution in [0.5, 0.6) is 0 Å². The summed E-state index contributed by atoms with van der Waals surface area (Å²) in [4.78, 5) is 13.9. The predicted octanol–water partition coefficient (Wildman–Crippen LogP) is 4.22. The van der Waals surface area contributed by atoms with Crippen LogP contribution in [0.25, 0.3) is 11.2 Å². The molecule has 1 unspecified atom stereocenters. The zero-order valence-electron chi connectivity index (χ0n) is 18.1. The SMILES string of the molecule is CCC(Nc1nc(NCc2cc(Cl)ccc2N)c2ncn(C(C)C)c2n1)C(C)(C)O. The molecule has 30 heavy (non-hydrogen) atoms. The van der Waals surface area contributed by atoms with Crippen molar-refractivity contribution in [3.63, 3.8) is 0 Å². The van der Waals surface area contributed by atoms with Gasteiger partial charge in [-0.1, -0.05) is 18.5 Å². The van der Waals surface area contributed by atoms with Gasteiger partial charge in [0.1, 0.15) is 0 Å². The van der Waals surface area contributed by atoms with Gasteiger partial charge in [0.2, 0.25) is 5.95 Å². The van der Waals surface area contributed by atoms with Crippen LogP contribution in [0.4, 0.5) is 17.5 Å². The Hall–Kier alpha value is -2.58. The summed E-state index contributed by atoms with van der Waals surface area (Å²) < 4.78 is 1.99. The first-order valence-electron chi connectivity index (χ1n) is 10.1. The molecule has 0 saturated heterocycles. The maximum Gasteiger partial charge on any atom is 0.227 e. The fourth-order valence-corrected chi connectivity index (χ4v) is 3.52. The summed E-state index contributed by atoms with van der Waals surface area (Å²) in [5, 5.41) is 17.7. The number of rotatable bonds is 8. The Balaban J connectivity index is 2.00. The number of hydrogen-bond donors (Lipinski definition) is 4. The summed E-state index contributed by atoms with van der Waals surface area (Å²) in [7, 11) is 0. The summed E-state index contributed by atoms with van der Waals surface area (Å²) in [6.45, 7) is 10.1. The van der Waals surface area contributed by atoms with Crippen LogP contribution in [0.15, 0.2) is 24.5 Å². The minimum absolute atomic E-state index is 0.186. The van der Waals surface area contributed by atoms with Gasteiger partial charge in [-0.15, -0.1) is 0 Å². The van der Waals surface area contributed by atoms with E-state index in [0.717, 1.165) is 17.6 Å². The second-order valence-corrected chi connectivity index (χ2v) is 8.71. The van der Waals surface area contributed by atoms with Gasteiger partial charge >= 0.3 is 0 Å². The molecule has 2 aromatic heterocycles. The highest BCUT2D eigenvalue weighted by Gasteiger charge is 2.26. The van der Waals surface area contributed by atoms with Crippen LogP contribution in [0, 0.1) is 0 Å². The first-order valence-corrected chi connectivity index (χ1v) is 10.5. The fourth-order valence-electron chi connectivity index (χ4n) is 3.32. The lowest BCUT2D eigenvalue weighted by Gasteiger charge is -2.29. The monoisotopic (exact) mass is 431 g/mol. The van der Waals surface area contributed by atoms with Crippen molar-refractivity contribution in [2.45, 2.75) is 65.3 Å². The molecule has 0 aliphatic rings. The van der Waals surface area contributed by atoms with Gasteiger partial charge in [-0.3, -0.25) is 0 Å². The van der Waals surface area contributed by atoms with Crippen molar-refractivity contribution in [1.82, 2.24) is 19.5 Å². The number of fused-ring (bicyclic) bond motifs is 1. The molecule has 1 aromatic carbocycles. The van der Waals surface area contributed by atoms with Crippen molar-refractivity contribution >= 4 is 40.2 Å². The lowest BCUT2D eigenvalue weighted by molar-refractivity contribution is 0.0577. The maximum atomic E-state index is 10.5. The Morgan fingerprint density at radius 1 is 1.27 bits per heavy atom. The minimum Gasteiger partial charge on any atom is -0.398 e. The molecular formula is C21H30ClN7O. The Morgan fingerprint density at radius 2 is 2.00 bits per heavy atom. The van der Waals surface area contributed by atoms with Crippen LogP contribution in [0.2, 0.25) is 5.02 Å². The third-order valence-corrected chi connectivity index (χ3v) is 5.33. The molecule has 0 saturated carbocycles. The minimum atomic E-state index is -0.922. The van der Waals surface area contributed by atoms with Crippen molar-refractivity contribution in [3.8, 4) is 0 Å². The van der Waals surface area contributed by atoms with Crippen LogP contribution in [-0.2, 0) is 6.54 Å². The third kappa shape index (κ3) is 4.76. The molecule has 3 rings (SSSR count). The van der Waals surface area contributed by atoms with Crippen molar-refractivity contribution in [1.29, 1.82) is 0 Å². The van der Waals surface area contributed by atoms with Gasteiger partial charge in [-0.25, -0.2) is 4.98 Å². The number of aliphatic hydroxyl groups is 1. The van der Waals surface area contributed by atoms with Gasteiger partial charge in [0.15, 0.2) is 17.0 Å². The summed E-state index contributed by atoms with van der Waals surface area (Å²) in [5.41, 5.74) is 8.07. The second kappa shape index (κ2) is 8.65. The molecule has 3 aromatic rings. The van der Waals surface area contributed by atoms with E-state index in [-0.39, 0.29) is 12.1 Å². The number of aromatic nitrogens is 4. The molecule has 8 nitrogen and oxygen atoms in total. The Labute approximate surface area is 181 Å². The number of nitrogens with zero attached hydrogens (tertiary/aromatic N) is 4. The Morgan fingerprint density at radius 3 is 2.63 bits per heavy atom. The summed E-state index contributed by atoms with van der Waals surface area (Å²) >= 11 is 6.11. The standard InChI is InChI=1S/C21H30ClN7O/c1-6-16(21(4,5)30)26-20-27-18(17-19(28-20)29(11-25-17)12(2)3)24-10-13-9-14(22)7-8-15(13)23/h7-9,11-12,16,30H,6,10,23H2,1-5H3,(H2,24,26,27,28). The van der Waals surface area contributed by atoms with Crippen LogP contribution >= 0.6 is 11.6 Å². The molecule has 9 heteroatoms. The van der Waals surface area contributed by atoms with Crippen molar-refractivity contribution in [2.75, 3.05) is 16.4 Å². The largest absolute Gasteiger partial charge is 0.398 e. The van der Waals surface area contributed by atoms with Crippen LogP contribution in [-0.4, -0.2) is 36.3 Å². The molecule has 0 radical (unpaired) electrons. The average molecular weight is 432 g/mol. The number of nitrogens with one attached hydrogen (secondary N) is 2. The Kier molecular flexibility index (Phi) is 6.38. The van der Waals surface area contributed by atoms with Crippen LogP contribution in [0.3, 0.4) is 0 Å². The molecule has 0 aliphatic carbocycles. The number of hydrogen-bond acceptors (Lipinski definition) is 7. The van der Waals surface area contributed by atoms with Crippen LogP contribution < -0.4 is 16.4 Å². The van der Waals surface area contributed by atoms with Crippen molar-refractivity contribution in [3.05, 3.63) is 35.1 Å². The molecule has 2 heterocycles. The highest BCUT2D eigenvalue weighted by atomic mass is 35.5. The normalized spacial score (nSPS) is 13.1. The van der Waals surface area contributed by atoms with Gasteiger partial charge in [0.05, 0.1) is 18.0 Å². The van der Waals surface area contributed by atoms with E-state index in [1.54, 1.807) is 32.3 Å². The number of imidazole rings is 1. The van der Waals surface area contributed by atoms with E-state index in [0.29, 0.717) is 34.5 Å². The quantitative estimate of drug-likeness (QED) is 0.395. The number of benzene rings is 1. The van der Waals surface area contributed by atoms with Gasteiger partial charge in [0, 0.05) is 23.3 Å². The first kappa shape index (κ1) is 22.1. The molecule has 0 bridgehead atoms. The van der Waals surface area contributed by atoms with Crippen molar-refractivity contribution in [2.24, 2.45) is 0 Å². The highest BCUT2D eigenvalue weighted by molar-refractivity contribution is 6.30. The van der Waals surface area contributed by atoms with E-state index >= 15 is 0 Å². The van der Waals surface area contributed by atoms with Gasteiger partial charge in [0.25, 0.3) is 0 Å². The fraction of sp³-hybridized carbons (Fsp3) is 0.476. The molecule has 1 atom stereocenters. The zero-order valence-corrected chi connectivity index (χ0v) is 18.8. The first-order chi connectivity index (χ1) is 14.1. The van der Waals surface area contributed by atoms with E-state index in [4.69, 9.17) is 17.3 Å². The smallest absolute Gasteiger partial charge is 0.227 e. The van der Waals surface area contributed by atoms with E-state index in [1.165, 1.54) is 0 Å². The van der Waals surface area contributed by atoms with Gasteiger partial charge in [-0.2, -0.15) is 9.97 Å². The summed E-state index contributed by atoms with van der Waals surface area (Å²) in [6.07, 6.45) is 2.48. The lowest BCUT2D eigenvalue weighted by atomic mass is 9.97. The second-order valence-electron chi connectivity index (χ2n) is 8.27. The number of nitrogens with two attached hydrogens (primary N) is 1. The Bertz CT molecular complexity index is 1030. The average Bonchev–Trinajstić information content (AvgIpc) is 3.10. The maximum absolute atomic E-state index is 10.5. The van der Waals surface area contributed by atoms with E-state index in [2.05, 4.69) is 39.4 Å². The molecule has 0 aliphatic heterocycles. The molecule has 5 N–H and O–H groups in total. The van der Waals surface area contributed by atoms with Gasteiger partial charge in [-0.05, 0) is 57.9 Å². The van der Waals surface area contributed by atoms with Gasteiger partial charge < -0.3 is 26.0 Å². The van der Waals surface area contributed by atoms with E-state index in [1.807, 2.05) is 17.6 Å². The molecule has 0 fully saturated rings. The summed E-state index contributed by atoms with van der Waals surface area (Å²) in [5.74, 6) is 1.02. The van der Waals surface area contributed by atoms with Crippen molar-refractivity contribution < 1.29 is 5.11 Å². The summed E-state index contributed by atoms with van der Waals surface area (Å²) in [6, 6.07) is 5.35.